The molecule has 4 nitrogen and oxygen atoms in total. The van der Waals surface area contributed by atoms with Gasteiger partial charge in [-0.15, -0.1) is 0 Å². The standard InChI is InChI=1S/C13H19BrN2O2/c1-9(2)6-7-16-12(17)8-18-13-10(14)4-3-5-11(13)15/h3-5,9H,6-8,15H2,1-2H3,(H,16,17). The van der Waals surface area contributed by atoms with Crippen molar-refractivity contribution in [1.82, 2.24) is 5.32 Å². The van der Waals surface area contributed by atoms with Gasteiger partial charge in [-0.3, -0.25) is 4.79 Å². The van der Waals surface area contributed by atoms with Crippen molar-refractivity contribution in [3.05, 3.63) is 22.7 Å². The molecule has 1 amide bonds. The zero-order valence-corrected chi connectivity index (χ0v) is 12.3. The summed E-state index contributed by atoms with van der Waals surface area (Å²) in [6, 6.07) is 5.37. The average Bonchev–Trinajstić information content (AvgIpc) is 2.27. The normalized spacial score (nSPS) is 10.4. The van der Waals surface area contributed by atoms with E-state index in [1.807, 2.05) is 12.1 Å². The average molecular weight is 315 g/mol. The molecule has 0 saturated heterocycles. The lowest BCUT2D eigenvalue weighted by Crippen LogP contribution is -2.30. The number of anilines is 1. The number of carbonyl (C=O) groups is 1. The number of amides is 1. The van der Waals surface area contributed by atoms with Gasteiger partial charge in [0.1, 0.15) is 0 Å². The first kappa shape index (κ1) is 14.8. The van der Waals surface area contributed by atoms with Crippen molar-refractivity contribution in [2.45, 2.75) is 20.3 Å². The fourth-order valence-corrected chi connectivity index (χ4v) is 1.86. The first-order chi connectivity index (χ1) is 8.50. The summed E-state index contributed by atoms with van der Waals surface area (Å²) >= 11 is 3.33. The number of nitrogens with one attached hydrogen (secondary N) is 1. The molecule has 0 heterocycles. The maximum Gasteiger partial charge on any atom is 0.257 e. The third-order valence-corrected chi connectivity index (χ3v) is 3.01. The van der Waals surface area contributed by atoms with E-state index in [1.165, 1.54) is 0 Å². The van der Waals surface area contributed by atoms with Crippen LogP contribution < -0.4 is 15.8 Å². The van der Waals surface area contributed by atoms with E-state index in [1.54, 1.807) is 6.07 Å². The van der Waals surface area contributed by atoms with E-state index >= 15 is 0 Å². The second-order valence-corrected chi connectivity index (χ2v) is 5.33. The summed E-state index contributed by atoms with van der Waals surface area (Å²) in [5.74, 6) is 0.951. The first-order valence-electron chi connectivity index (χ1n) is 5.94. The highest BCUT2D eigenvalue weighted by Crippen LogP contribution is 2.30. The third-order valence-electron chi connectivity index (χ3n) is 2.39. The second-order valence-electron chi connectivity index (χ2n) is 4.48. The molecule has 1 aromatic rings. The molecule has 0 aliphatic heterocycles. The molecule has 100 valence electrons. The molecule has 3 N–H and O–H groups in total. The van der Waals surface area contributed by atoms with Crippen LogP contribution in [-0.4, -0.2) is 19.1 Å². The molecule has 0 aromatic heterocycles. The first-order valence-corrected chi connectivity index (χ1v) is 6.73. The highest BCUT2D eigenvalue weighted by molar-refractivity contribution is 9.10. The molecule has 1 aromatic carbocycles. The minimum absolute atomic E-state index is 0.0229. The predicted octanol–water partition coefficient (Wildman–Crippen LogP) is 2.57. The Morgan fingerprint density at radius 3 is 2.83 bits per heavy atom. The molecule has 0 aliphatic carbocycles. The number of para-hydroxylation sites is 1. The summed E-state index contributed by atoms with van der Waals surface area (Å²) in [6.45, 7) is 4.88. The fourth-order valence-electron chi connectivity index (χ4n) is 1.37. The lowest BCUT2D eigenvalue weighted by atomic mass is 10.1. The SMILES string of the molecule is CC(C)CCNC(=O)COc1c(N)cccc1Br. The Hall–Kier alpha value is -1.23. The van der Waals surface area contributed by atoms with Crippen LogP contribution in [0.5, 0.6) is 5.75 Å². The maximum absolute atomic E-state index is 11.5. The Kier molecular flexibility index (Phi) is 5.98. The van der Waals surface area contributed by atoms with Crippen molar-refractivity contribution in [2.75, 3.05) is 18.9 Å². The van der Waals surface area contributed by atoms with Crippen molar-refractivity contribution >= 4 is 27.5 Å². The highest BCUT2D eigenvalue weighted by Gasteiger charge is 2.08. The van der Waals surface area contributed by atoms with E-state index in [0.717, 1.165) is 10.9 Å². The predicted molar refractivity (Wildman–Crippen MR) is 76.5 cm³/mol. The molecule has 5 heteroatoms. The van der Waals surface area contributed by atoms with Crippen LogP contribution in [-0.2, 0) is 4.79 Å². The molecular weight excluding hydrogens is 296 g/mol. The van der Waals surface area contributed by atoms with Crippen LogP contribution in [0.1, 0.15) is 20.3 Å². The summed E-state index contributed by atoms with van der Waals surface area (Å²) in [5.41, 5.74) is 6.27. The van der Waals surface area contributed by atoms with Gasteiger partial charge >= 0.3 is 0 Å². The van der Waals surface area contributed by atoms with Gasteiger partial charge in [0.05, 0.1) is 10.2 Å². The van der Waals surface area contributed by atoms with Gasteiger partial charge in [-0.1, -0.05) is 19.9 Å². The molecule has 0 saturated carbocycles. The van der Waals surface area contributed by atoms with Crippen molar-refractivity contribution in [2.24, 2.45) is 5.92 Å². The number of carbonyl (C=O) groups excluding carboxylic acids is 1. The van der Waals surface area contributed by atoms with E-state index in [4.69, 9.17) is 10.5 Å². The van der Waals surface area contributed by atoms with Crippen LogP contribution in [0.2, 0.25) is 0 Å². The zero-order chi connectivity index (χ0) is 13.5. The minimum Gasteiger partial charge on any atom is -0.480 e. The number of benzene rings is 1. The summed E-state index contributed by atoms with van der Waals surface area (Å²) in [4.78, 5) is 11.5. The molecule has 0 fully saturated rings. The lowest BCUT2D eigenvalue weighted by molar-refractivity contribution is -0.123. The Bertz CT molecular complexity index is 388. The Labute approximate surface area is 116 Å². The van der Waals surface area contributed by atoms with Crippen LogP contribution >= 0.6 is 15.9 Å². The van der Waals surface area contributed by atoms with Crippen LogP contribution in [0.15, 0.2) is 22.7 Å². The Balaban J connectivity index is 2.38. The van der Waals surface area contributed by atoms with E-state index in [2.05, 4.69) is 35.1 Å². The molecular formula is C13H19BrN2O2. The van der Waals surface area contributed by atoms with Crippen LogP contribution in [0.4, 0.5) is 5.69 Å². The number of nitrogen functional groups attached to an aromatic ring is 1. The lowest BCUT2D eigenvalue weighted by Gasteiger charge is -2.11. The highest BCUT2D eigenvalue weighted by atomic mass is 79.9. The van der Waals surface area contributed by atoms with Gasteiger partial charge < -0.3 is 15.8 Å². The van der Waals surface area contributed by atoms with Crippen molar-refractivity contribution < 1.29 is 9.53 Å². The molecule has 1 rings (SSSR count). The molecule has 18 heavy (non-hydrogen) atoms. The van der Waals surface area contributed by atoms with Gasteiger partial charge in [0, 0.05) is 6.54 Å². The summed E-state index contributed by atoms with van der Waals surface area (Å²) in [7, 11) is 0. The minimum atomic E-state index is -0.134. The van der Waals surface area contributed by atoms with Gasteiger partial charge in [0.25, 0.3) is 5.91 Å². The van der Waals surface area contributed by atoms with Crippen LogP contribution in [0, 0.1) is 5.92 Å². The number of halogens is 1. The largest absolute Gasteiger partial charge is 0.480 e. The number of hydrogen-bond acceptors (Lipinski definition) is 3. The fraction of sp³-hybridized carbons (Fsp3) is 0.462. The number of nitrogens with two attached hydrogens (primary N) is 1. The van der Waals surface area contributed by atoms with Gasteiger partial charge in [-0.25, -0.2) is 0 Å². The van der Waals surface area contributed by atoms with Crippen molar-refractivity contribution in [3.8, 4) is 5.75 Å². The molecule has 0 atom stereocenters. The third kappa shape index (κ3) is 4.96. The number of ether oxygens (including phenoxy) is 1. The Morgan fingerprint density at radius 1 is 1.50 bits per heavy atom. The molecule has 0 aliphatic rings. The summed E-state index contributed by atoms with van der Waals surface area (Å²) < 4.78 is 6.15. The van der Waals surface area contributed by atoms with Gasteiger partial charge in [-0.05, 0) is 40.4 Å². The van der Waals surface area contributed by atoms with Gasteiger partial charge in [0.15, 0.2) is 12.4 Å². The molecule has 0 unspecified atom stereocenters. The molecule has 0 bridgehead atoms. The molecule has 0 spiro atoms. The smallest absolute Gasteiger partial charge is 0.257 e. The maximum atomic E-state index is 11.5. The zero-order valence-electron chi connectivity index (χ0n) is 10.7. The van der Waals surface area contributed by atoms with Gasteiger partial charge in [0.2, 0.25) is 0 Å². The van der Waals surface area contributed by atoms with Crippen molar-refractivity contribution in [3.63, 3.8) is 0 Å². The molecule has 0 radical (unpaired) electrons. The second kappa shape index (κ2) is 7.26. The van der Waals surface area contributed by atoms with Crippen LogP contribution in [0.25, 0.3) is 0 Å². The van der Waals surface area contributed by atoms with Crippen LogP contribution in [0.3, 0.4) is 0 Å². The van der Waals surface area contributed by atoms with E-state index < -0.39 is 0 Å². The Morgan fingerprint density at radius 2 is 2.22 bits per heavy atom. The van der Waals surface area contributed by atoms with Gasteiger partial charge in [-0.2, -0.15) is 0 Å². The summed E-state index contributed by atoms with van der Waals surface area (Å²) in [6.07, 6.45) is 0.961. The number of rotatable bonds is 6. The van der Waals surface area contributed by atoms with E-state index in [-0.39, 0.29) is 12.5 Å². The van der Waals surface area contributed by atoms with Crippen molar-refractivity contribution in [1.29, 1.82) is 0 Å². The summed E-state index contributed by atoms with van der Waals surface area (Å²) in [5, 5.41) is 2.80. The monoisotopic (exact) mass is 314 g/mol. The van der Waals surface area contributed by atoms with E-state index in [0.29, 0.717) is 23.9 Å². The van der Waals surface area contributed by atoms with E-state index in [9.17, 15) is 4.79 Å². The topological polar surface area (TPSA) is 64.3 Å². The number of hydrogen-bond donors (Lipinski definition) is 2. The quantitative estimate of drug-likeness (QED) is 0.793.